The number of carboxylic acid groups (broad SMARTS) is 2. The van der Waals surface area contributed by atoms with Crippen LogP contribution in [0, 0.1) is 0 Å². The SMILES string of the molecule is O=C(O)CN(CC(=O)O)C1CCCCC1. The smallest absolute Gasteiger partial charge is 0.317 e. The van der Waals surface area contributed by atoms with E-state index in [4.69, 9.17) is 10.2 Å². The fraction of sp³-hybridized carbons (Fsp3) is 0.800. The summed E-state index contributed by atoms with van der Waals surface area (Å²) in [4.78, 5) is 22.8. The first-order valence-corrected chi connectivity index (χ1v) is 5.27. The van der Waals surface area contributed by atoms with Crippen LogP contribution in [0.2, 0.25) is 0 Å². The molecule has 0 aromatic rings. The molecule has 1 rings (SSSR count). The van der Waals surface area contributed by atoms with Crippen LogP contribution in [0.25, 0.3) is 0 Å². The van der Waals surface area contributed by atoms with Crippen LogP contribution >= 0.6 is 0 Å². The third kappa shape index (κ3) is 4.29. The van der Waals surface area contributed by atoms with E-state index in [-0.39, 0.29) is 19.1 Å². The van der Waals surface area contributed by atoms with Crippen molar-refractivity contribution in [2.24, 2.45) is 0 Å². The summed E-state index contributed by atoms with van der Waals surface area (Å²) in [6.07, 6.45) is 5.15. The molecule has 5 heteroatoms. The molecule has 1 aliphatic carbocycles. The second kappa shape index (κ2) is 5.70. The first-order chi connectivity index (χ1) is 7.09. The van der Waals surface area contributed by atoms with Gasteiger partial charge in [0, 0.05) is 6.04 Å². The number of carbonyl (C=O) groups is 2. The van der Waals surface area contributed by atoms with Gasteiger partial charge in [-0.15, -0.1) is 0 Å². The average Bonchev–Trinajstić information content (AvgIpc) is 2.17. The van der Waals surface area contributed by atoms with E-state index in [2.05, 4.69) is 0 Å². The van der Waals surface area contributed by atoms with E-state index < -0.39 is 11.9 Å². The minimum Gasteiger partial charge on any atom is -0.480 e. The van der Waals surface area contributed by atoms with E-state index in [1.54, 1.807) is 4.90 Å². The maximum atomic E-state index is 10.6. The predicted molar refractivity (Wildman–Crippen MR) is 53.7 cm³/mol. The lowest BCUT2D eigenvalue weighted by atomic mass is 9.94. The van der Waals surface area contributed by atoms with Gasteiger partial charge in [-0.3, -0.25) is 14.5 Å². The normalized spacial score (nSPS) is 17.9. The quantitative estimate of drug-likeness (QED) is 0.709. The van der Waals surface area contributed by atoms with Crippen molar-refractivity contribution in [1.82, 2.24) is 4.90 Å². The van der Waals surface area contributed by atoms with Crippen LogP contribution in [-0.2, 0) is 9.59 Å². The Kier molecular flexibility index (Phi) is 4.55. The highest BCUT2D eigenvalue weighted by atomic mass is 16.4. The van der Waals surface area contributed by atoms with Gasteiger partial charge in [-0.05, 0) is 12.8 Å². The zero-order chi connectivity index (χ0) is 11.3. The Bertz CT molecular complexity index is 220. The average molecular weight is 215 g/mol. The van der Waals surface area contributed by atoms with Crippen molar-refractivity contribution in [2.75, 3.05) is 13.1 Å². The van der Waals surface area contributed by atoms with Crippen LogP contribution < -0.4 is 0 Å². The molecule has 1 aliphatic rings. The van der Waals surface area contributed by atoms with Gasteiger partial charge in [-0.2, -0.15) is 0 Å². The number of nitrogens with zero attached hydrogens (tertiary/aromatic N) is 1. The maximum absolute atomic E-state index is 10.6. The molecule has 0 unspecified atom stereocenters. The summed E-state index contributed by atoms with van der Waals surface area (Å²) in [6.45, 7) is -0.339. The Morgan fingerprint density at radius 3 is 1.87 bits per heavy atom. The van der Waals surface area contributed by atoms with Gasteiger partial charge in [0.05, 0.1) is 13.1 Å². The maximum Gasteiger partial charge on any atom is 0.317 e. The second-order valence-electron chi connectivity index (χ2n) is 3.98. The van der Waals surface area contributed by atoms with E-state index in [0.717, 1.165) is 25.7 Å². The third-order valence-corrected chi connectivity index (χ3v) is 2.77. The summed E-state index contributed by atoms with van der Waals surface area (Å²) < 4.78 is 0. The molecule has 0 saturated heterocycles. The summed E-state index contributed by atoms with van der Waals surface area (Å²) in [6, 6.07) is 0.131. The zero-order valence-electron chi connectivity index (χ0n) is 8.69. The molecule has 0 radical (unpaired) electrons. The first-order valence-electron chi connectivity index (χ1n) is 5.27. The summed E-state index contributed by atoms with van der Waals surface area (Å²) in [5, 5.41) is 17.4. The molecular weight excluding hydrogens is 198 g/mol. The minimum atomic E-state index is -0.957. The summed E-state index contributed by atoms with van der Waals surface area (Å²) >= 11 is 0. The zero-order valence-corrected chi connectivity index (χ0v) is 8.69. The van der Waals surface area contributed by atoms with Crippen LogP contribution in [0.15, 0.2) is 0 Å². The van der Waals surface area contributed by atoms with Crippen molar-refractivity contribution in [3.8, 4) is 0 Å². The molecule has 0 amide bonds. The highest BCUT2D eigenvalue weighted by Gasteiger charge is 2.24. The molecule has 15 heavy (non-hydrogen) atoms. The summed E-state index contributed by atoms with van der Waals surface area (Å²) in [7, 11) is 0. The first kappa shape index (κ1) is 12.0. The van der Waals surface area contributed by atoms with Gasteiger partial charge in [0.2, 0.25) is 0 Å². The molecule has 0 aromatic carbocycles. The highest BCUT2D eigenvalue weighted by Crippen LogP contribution is 2.22. The van der Waals surface area contributed by atoms with Crippen molar-refractivity contribution >= 4 is 11.9 Å². The Balaban J connectivity index is 2.52. The predicted octanol–water partition coefficient (Wildman–Crippen LogP) is 0.790. The van der Waals surface area contributed by atoms with Crippen LogP contribution in [0.3, 0.4) is 0 Å². The van der Waals surface area contributed by atoms with Gasteiger partial charge < -0.3 is 10.2 Å². The monoisotopic (exact) mass is 215 g/mol. The van der Waals surface area contributed by atoms with Gasteiger partial charge >= 0.3 is 11.9 Å². The Hall–Kier alpha value is -1.10. The largest absolute Gasteiger partial charge is 0.480 e. The fourth-order valence-electron chi connectivity index (χ4n) is 2.11. The van der Waals surface area contributed by atoms with Crippen LogP contribution in [0.4, 0.5) is 0 Å². The van der Waals surface area contributed by atoms with Crippen LogP contribution in [-0.4, -0.2) is 46.2 Å². The topological polar surface area (TPSA) is 77.8 Å². The molecule has 1 fully saturated rings. The lowest BCUT2D eigenvalue weighted by molar-refractivity contribution is -0.143. The van der Waals surface area contributed by atoms with Gasteiger partial charge in [0.1, 0.15) is 0 Å². The lowest BCUT2D eigenvalue weighted by Crippen LogP contribution is -2.43. The van der Waals surface area contributed by atoms with E-state index in [1.807, 2.05) is 0 Å². The van der Waals surface area contributed by atoms with Gasteiger partial charge in [0.15, 0.2) is 0 Å². The number of rotatable bonds is 5. The summed E-state index contributed by atoms with van der Waals surface area (Å²) in [5.74, 6) is -1.91. The van der Waals surface area contributed by atoms with E-state index >= 15 is 0 Å². The van der Waals surface area contributed by atoms with Crippen molar-refractivity contribution < 1.29 is 19.8 Å². The lowest BCUT2D eigenvalue weighted by Gasteiger charge is -2.31. The third-order valence-electron chi connectivity index (χ3n) is 2.77. The molecule has 1 saturated carbocycles. The van der Waals surface area contributed by atoms with E-state index in [1.165, 1.54) is 6.42 Å². The molecule has 0 atom stereocenters. The molecule has 0 bridgehead atoms. The van der Waals surface area contributed by atoms with Crippen LogP contribution in [0.1, 0.15) is 32.1 Å². The molecular formula is C10H17NO4. The van der Waals surface area contributed by atoms with Crippen LogP contribution in [0.5, 0.6) is 0 Å². The molecule has 0 aliphatic heterocycles. The number of hydrogen-bond acceptors (Lipinski definition) is 3. The second-order valence-corrected chi connectivity index (χ2v) is 3.98. The van der Waals surface area contributed by atoms with Crippen molar-refractivity contribution in [2.45, 2.75) is 38.1 Å². The van der Waals surface area contributed by atoms with Gasteiger partial charge in [-0.25, -0.2) is 0 Å². The Morgan fingerprint density at radius 2 is 1.47 bits per heavy atom. The molecule has 0 spiro atoms. The molecule has 86 valence electrons. The van der Waals surface area contributed by atoms with Crippen molar-refractivity contribution in [3.63, 3.8) is 0 Å². The van der Waals surface area contributed by atoms with Crippen molar-refractivity contribution in [1.29, 1.82) is 0 Å². The minimum absolute atomic E-state index is 0.131. The molecule has 0 heterocycles. The summed E-state index contributed by atoms with van der Waals surface area (Å²) in [5.41, 5.74) is 0. The number of carboxylic acids is 2. The molecule has 2 N–H and O–H groups in total. The van der Waals surface area contributed by atoms with Gasteiger partial charge in [-0.1, -0.05) is 19.3 Å². The van der Waals surface area contributed by atoms with Gasteiger partial charge in [0.25, 0.3) is 0 Å². The number of aliphatic carboxylic acids is 2. The highest BCUT2D eigenvalue weighted by molar-refractivity contribution is 5.72. The molecule has 5 nitrogen and oxygen atoms in total. The fourth-order valence-corrected chi connectivity index (χ4v) is 2.11. The number of hydrogen-bond donors (Lipinski definition) is 2. The van der Waals surface area contributed by atoms with E-state index in [0.29, 0.717) is 0 Å². The standard InChI is InChI=1S/C10H17NO4/c12-9(13)6-11(7-10(14)15)8-4-2-1-3-5-8/h8H,1-7H2,(H,12,13)(H,14,15). The van der Waals surface area contributed by atoms with E-state index in [9.17, 15) is 9.59 Å². The van der Waals surface area contributed by atoms with Crippen molar-refractivity contribution in [3.05, 3.63) is 0 Å². The Labute approximate surface area is 88.7 Å². The molecule has 0 aromatic heterocycles. The Morgan fingerprint density at radius 1 is 1.00 bits per heavy atom.